The zero-order valence-electron chi connectivity index (χ0n) is 11.2. The Morgan fingerprint density at radius 3 is 2.78 bits per heavy atom. The van der Waals surface area contributed by atoms with Gasteiger partial charge in [-0.15, -0.1) is 0 Å². The summed E-state index contributed by atoms with van der Waals surface area (Å²) in [6, 6.07) is 1.78. The summed E-state index contributed by atoms with van der Waals surface area (Å²) < 4.78 is 1.65. The third-order valence-electron chi connectivity index (χ3n) is 3.62. The molecule has 2 rings (SSSR count). The highest BCUT2D eigenvalue weighted by Gasteiger charge is 2.24. The molecule has 0 bridgehead atoms. The van der Waals surface area contributed by atoms with E-state index in [1.165, 1.54) is 0 Å². The number of likely N-dealkylation sites (tertiary alicyclic amines) is 1. The Balaban J connectivity index is 1.86. The van der Waals surface area contributed by atoms with Crippen LogP contribution in [0.15, 0.2) is 12.3 Å². The number of aryl methyl sites for hydroxylation is 1. The topological polar surface area (TPSA) is 50.2 Å². The molecular weight excluding hydrogens is 228 g/mol. The molecule has 18 heavy (non-hydrogen) atoms. The van der Waals surface area contributed by atoms with Gasteiger partial charge in [0, 0.05) is 26.3 Å². The summed E-state index contributed by atoms with van der Waals surface area (Å²) in [4.78, 5) is 14.2. The zero-order valence-corrected chi connectivity index (χ0v) is 11.2. The van der Waals surface area contributed by atoms with Gasteiger partial charge in [0.15, 0.2) is 0 Å². The van der Waals surface area contributed by atoms with E-state index in [4.69, 9.17) is 0 Å². The Labute approximate surface area is 108 Å². The number of rotatable bonds is 4. The normalized spacial score (nSPS) is 17.1. The number of carbonyl (C=O) groups is 1. The second-order valence-corrected chi connectivity index (χ2v) is 4.88. The van der Waals surface area contributed by atoms with Gasteiger partial charge in [-0.05, 0) is 37.9 Å². The fraction of sp³-hybridized carbons (Fsp3) is 0.692. The molecule has 0 spiro atoms. The minimum atomic E-state index is 0.108. The van der Waals surface area contributed by atoms with Gasteiger partial charge in [0.2, 0.25) is 0 Å². The molecule has 5 heteroatoms. The van der Waals surface area contributed by atoms with Crippen molar-refractivity contribution in [1.82, 2.24) is 20.0 Å². The second kappa shape index (κ2) is 6.00. The van der Waals surface area contributed by atoms with E-state index in [9.17, 15) is 4.79 Å². The van der Waals surface area contributed by atoms with Crippen molar-refractivity contribution in [3.05, 3.63) is 18.0 Å². The van der Waals surface area contributed by atoms with Crippen LogP contribution in [0.1, 0.15) is 30.3 Å². The lowest BCUT2D eigenvalue weighted by Crippen LogP contribution is -2.41. The number of nitrogens with one attached hydrogen (secondary N) is 1. The van der Waals surface area contributed by atoms with Crippen molar-refractivity contribution >= 4 is 5.91 Å². The Hall–Kier alpha value is -1.36. The molecule has 100 valence electrons. The first-order valence-electron chi connectivity index (χ1n) is 6.70. The summed E-state index contributed by atoms with van der Waals surface area (Å²) in [5, 5.41) is 7.43. The van der Waals surface area contributed by atoms with Crippen molar-refractivity contribution < 1.29 is 4.79 Å². The monoisotopic (exact) mass is 250 g/mol. The molecule has 1 aliphatic heterocycles. The standard InChI is InChI=1S/C13H22N4O/c1-3-14-10-11-5-8-17(9-6-11)13(18)12-4-7-15-16(12)2/h4,7,11,14H,3,5-6,8-10H2,1-2H3. The number of nitrogens with zero attached hydrogens (tertiary/aromatic N) is 3. The molecule has 0 radical (unpaired) electrons. The van der Waals surface area contributed by atoms with Crippen molar-refractivity contribution in [3.8, 4) is 0 Å². The maximum Gasteiger partial charge on any atom is 0.272 e. The van der Waals surface area contributed by atoms with Crippen LogP contribution in [0.25, 0.3) is 0 Å². The van der Waals surface area contributed by atoms with Crippen molar-refractivity contribution in [1.29, 1.82) is 0 Å². The fourth-order valence-corrected chi connectivity index (χ4v) is 2.43. The molecule has 1 amide bonds. The summed E-state index contributed by atoms with van der Waals surface area (Å²) in [6.07, 6.45) is 3.86. The van der Waals surface area contributed by atoms with E-state index in [0.717, 1.165) is 39.0 Å². The van der Waals surface area contributed by atoms with E-state index in [0.29, 0.717) is 11.6 Å². The zero-order chi connectivity index (χ0) is 13.0. The first-order valence-corrected chi connectivity index (χ1v) is 6.70. The van der Waals surface area contributed by atoms with Crippen molar-refractivity contribution in [2.45, 2.75) is 19.8 Å². The van der Waals surface area contributed by atoms with Crippen molar-refractivity contribution in [2.24, 2.45) is 13.0 Å². The van der Waals surface area contributed by atoms with Gasteiger partial charge in [-0.1, -0.05) is 6.92 Å². The predicted octanol–water partition coefficient (Wildman–Crippen LogP) is 0.882. The minimum absolute atomic E-state index is 0.108. The minimum Gasteiger partial charge on any atom is -0.337 e. The summed E-state index contributed by atoms with van der Waals surface area (Å²) in [6.45, 7) is 5.94. The van der Waals surface area contributed by atoms with E-state index in [-0.39, 0.29) is 5.91 Å². The number of hydrogen-bond acceptors (Lipinski definition) is 3. The second-order valence-electron chi connectivity index (χ2n) is 4.88. The van der Waals surface area contributed by atoms with Crippen LogP contribution in [0.4, 0.5) is 0 Å². The largest absolute Gasteiger partial charge is 0.337 e. The highest BCUT2D eigenvalue weighted by atomic mass is 16.2. The first kappa shape index (κ1) is 13.1. The number of piperidine rings is 1. The van der Waals surface area contributed by atoms with Crippen molar-refractivity contribution in [2.75, 3.05) is 26.2 Å². The van der Waals surface area contributed by atoms with Crippen LogP contribution in [0.3, 0.4) is 0 Å². The van der Waals surface area contributed by atoms with Crippen LogP contribution in [0, 0.1) is 5.92 Å². The fourth-order valence-electron chi connectivity index (χ4n) is 2.43. The summed E-state index contributed by atoms with van der Waals surface area (Å²) in [5.74, 6) is 0.817. The lowest BCUT2D eigenvalue weighted by molar-refractivity contribution is 0.0679. The quantitative estimate of drug-likeness (QED) is 0.863. The molecular formula is C13H22N4O. The molecule has 0 atom stereocenters. The molecule has 0 aromatic carbocycles. The molecule has 0 unspecified atom stereocenters. The highest BCUT2D eigenvalue weighted by molar-refractivity contribution is 5.92. The molecule has 1 aromatic heterocycles. The molecule has 1 N–H and O–H groups in total. The maximum absolute atomic E-state index is 12.3. The third kappa shape index (κ3) is 2.90. The molecule has 0 aliphatic carbocycles. The summed E-state index contributed by atoms with van der Waals surface area (Å²) in [5.41, 5.74) is 0.681. The van der Waals surface area contributed by atoms with E-state index in [1.54, 1.807) is 16.9 Å². The van der Waals surface area contributed by atoms with Gasteiger partial charge in [0.05, 0.1) is 0 Å². The molecule has 1 aliphatic rings. The van der Waals surface area contributed by atoms with Crippen LogP contribution in [-0.2, 0) is 7.05 Å². The maximum atomic E-state index is 12.3. The van der Waals surface area contributed by atoms with E-state index >= 15 is 0 Å². The van der Waals surface area contributed by atoms with Gasteiger partial charge < -0.3 is 10.2 Å². The Kier molecular flexibility index (Phi) is 4.36. The number of carbonyl (C=O) groups excluding carboxylic acids is 1. The van der Waals surface area contributed by atoms with E-state index in [1.807, 2.05) is 11.9 Å². The molecule has 1 aromatic rings. The number of amides is 1. The first-order chi connectivity index (χ1) is 8.72. The SMILES string of the molecule is CCNCC1CCN(C(=O)c2ccnn2C)CC1. The lowest BCUT2D eigenvalue weighted by Gasteiger charge is -2.32. The molecule has 5 nitrogen and oxygen atoms in total. The molecule has 2 heterocycles. The van der Waals surface area contributed by atoms with Gasteiger partial charge in [0.25, 0.3) is 5.91 Å². The van der Waals surface area contributed by atoms with Crippen LogP contribution in [0.5, 0.6) is 0 Å². The smallest absolute Gasteiger partial charge is 0.272 e. The Bertz CT molecular complexity index is 393. The van der Waals surface area contributed by atoms with E-state index in [2.05, 4.69) is 17.3 Å². The highest BCUT2D eigenvalue weighted by Crippen LogP contribution is 2.18. The lowest BCUT2D eigenvalue weighted by atomic mass is 9.96. The van der Waals surface area contributed by atoms with Gasteiger partial charge in [-0.2, -0.15) is 5.10 Å². The number of aromatic nitrogens is 2. The summed E-state index contributed by atoms with van der Waals surface area (Å²) in [7, 11) is 1.81. The van der Waals surface area contributed by atoms with Crippen LogP contribution < -0.4 is 5.32 Å². The van der Waals surface area contributed by atoms with E-state index < -0.39 is 0 Å². The Morgan fingerprint density at radius 1 is 1.50 bits per heavy atom. The molecule has 1 saturated heterocycles. The van der Waals surface area contributed by atoms with Crippen LogP contribution >= 0.6 is 0 Å². The summed E-state index contributed by atoms with van der Waals surface area (Å²) >= 11 is 0. The van der Waals surface area contributed by atoms with Crippen LogP contribution in [-0.4, -0.2) is 46.8 Å². The average molecular weight is 250 g/mol. The molecule has 0 saturated carbocycles. The average Bonchev–Trinajstić information content (AvgIpc) is 2.82. The third-order valence-corrected chi connectivity index (χ3v) is 3.62. The predicted molar refractivity (Wildman–Crippen MR) is 70.4 cm³/mol. The Morgan fingerprint density at radius 2 is 2.22 bits per heavy atom. The van der Waals surface area contributed by atoms with Gasteiger partial charge in [0.1, 0.15) is 5.69 Å². The number of hydrogen-bond donors (Lipinski definition) is 1. The van der Waals surface area contributed by atoms with Gasteiger partial charge >= 0.3 is 0 Å². The molecule has 1 fully saturated rings. The van der Waals surface area contributed by atoms with Gasteiger partial charge in [-0.25, -0.2) is 0 Å². The van der Waals surface area contributed by atoms with Crippen molar-refractivity contribution in [3.63, 3.8) is 0 Å². The van der Waals surface area contributed by atoms with Gasteiger partial charge in [-0.3, -0.25) is 9.48 Å². The van der Waals surface area contributed by atoms with Crippen LogP contribution in [0.2, 0.25) is 0 Å².